The zero-order valence-electron chi connectivity index (χ0n) is 17.2. The number of alkyl halides is 2. The molecular formula is C23H18ClF2N6O+. The van der Waals surface area contributed by atoms with Crippen molar-refractivity contribution in [3.63, 3.8) is 0 Å². The molecule has 2 N–H and O–H groups in total. The summed E-state index contributed by atoms with van der Waals surface area (Å²) in [5.41, 5.74) is 2.82. The molecule has 0 aliphatic carbocycles. The lowest BCUT2D eigenvalue weighted by Crippen LogP contribution is -2.33. The van der Waals surface area contributed by atoms with Crippen molar-refractivity contribution < 1.29 is 17.9 Å². The van der Waals surface area contributed by atoms with Crippen LogP contribution in [-0.2, 0) is 12.3 Å². The van der Waals surface area contributed by atoms with E-state index in [9.17, 15) is 8.78 Å². The zero-order valence-corrected chi connectivity index (χ0v) is 17.9. The molecule has 3 heterocycles. The summed E-state index contributed by atoms with van der Waals surface area (Å²) in [6.07, 6.45) is 4.90. The van der Waals surface area contributed by atoms with Gasteiger partial charge in [0.1, 0.15) is 11.2 Å². The van der Waals surface area contributed by atoms with E-state index in [-0.39, 0.29) is 5.69 Å². The molecule has 0 atom stereocenters. The highest BCUT2D eigenvalue weighted by Crippen LogP contribution is 2.30. The molecule has 3 aromatic heterocycles. The highest BCUT2D eigenvalue weighted by molar-refractivity contribution is 6.30. The minimum absolute atomic E-state index is 0.296. The molecule has 0 radical (unpaired) electrons. The number of hydrogen-bond donors (Lipinski definition) is 2. The second kappa shape index (κ2) is 8.59. The van der Waals surface area contributed by atoms with E-state index in [4.69, 9.17) is 16.0 Å². The monoisotopic (exact) mass is 467 g/mol. The van der Waals surface area contributed by atoms with Gasteiger partial charge >= 0.3 is 12.2 Å². The molecule has 0 amide bonds. The Morgan fingerprint density at radius 1 is 1.12 bits per heavy atom. The Balaban J connectivity index is 1.42. The van der Waals surface area contributed by atoms with E-state index in [0.717, 1.165) is 11.3 Å². The number of fused-ring (bicyclic) bond motifs is 1. The van der Waals surface area contributed by atoms with E-state index in [1.807, 2.05) is 12.1 Å². The molecule has 0 spiro atoms. The van der Waals surface area contributed by atoms with Gasteiger partial charge in [0.05, 0.1) is 18.7 Å². The Bertz CT molecular complexity index is 1390. The number of aromatic amines is 1. The fourth-order valence-corrected chi connectivity index (χ4v) is 3.74. The van der Waals surface area contributed by atoms with Gasteiger partial charge in [0, 0.05) is 16.8 Å². The van der Waals surface area contributed by atoms with E-state index in [0.29, 0.717) is 34.1 Å². The van der Waals surface area contributed by atoms with Crippen LogP contribution in [0.15, 0.2) is 77.9 Å². The molecule has 10 heteroatoms. The molecule has 0 aliphatic heterocycles. The molecule has 0 aliphatic rings. The second-order valence-electron chi connectivity index (χ2n) is 7.38. The Hall–Kier alpha value is -3.85. The smallest absolute Gasteiger partial charge is 0.312 e. The van der Waals surface area contributed by atoms with Gasteiger partial charge in [-0.1, -0.05) is 23.7 Å². The standard InChI is InChI=1S/C23H17ClF2N6O/c24-16-7-8-18(32-14-27-13-30-32)15(10-16)11-21-31-22-17(4-3-5-19(22)33-21)29-12-23(25,26)20-6-1-2-9-28-20/h1-10,13-14,29H,11-12H2/p+1. The number of nitrogens with zero attached hydrogens (tertiary/aromatic N) is 4. The summed E-state index contributed by atoms with van der Waals surface area (Å²) >= 11 is 6.21. The van der Waals surface area contributed by atoms with Crippen molar-refractivity contribution >= 4 is 28.4 Å². The second-order valence-corrected chi connectivity index (χ2v) is 7.81. The van der Waals surface area contributed by atoms with Crippen molar-refractivity contribution in [1.82, 2.24) is 20.1 Å². The SMILES string of the molecule is FC(F)(CNc1cccc2oc(Cc3cc(Cl)ccc3-[n+]3cnc[nH]3)nc12)c1ccccn1. The molecule has 0 saturated carbocycles. The summed E-state index contributed by atoms with van der Waals surface area (Å²) in [6, 6.07) is 15.1. The van der Waals surface area contributed by atoms with Gasteiger partial charge in [-0.15, -0.1) is 4.68 Å². The third-order valence-electron chi connectivity index (χ3n) is 5.10. The molecule has 5 aromatic rings. The van der Waals surface area contributed by atoms with Crippen LogP contribution in [0, 0.1) is 0 Å². The fraction of sp³-hybridized carbons (Fsp3) is 0.130. The van der Waals surface area contributed by atoms with Gasteiger partial charge in [0.2, 0.25) is 6.33 Å². The topological polar surface area (TPSA) is 83.5 Å². The summed E-state index contributed by atoms with van der Waals surface area (Å²) in [5.74, 6) is -2.72. The van der Waals surface area contributed by atoms with Crippen LogP contribution < -0.4 is 10.00 Å². The minimum Gasteiger partial charge on any atom is -0.440 e. The van der Waals surface area contributed by atoms with E-state index in [1.165, 1.54) is 18.3 Å². The van der Waals surface area contributed by atoms with Crippen LogP contribution in [0.2, 0.25) is 5.02 Å². The number of benzene rings is 2. The normalized spacial score (nSPS) is 11.7. The van der Waals surface area contributed by atoms with E-state index < -0.39 is 12.5 Å². The van der Waals surface area contributed by atoms with Gasteiger partial charge in [-0.3, -0.25) is 4.98 Å². The molecule has 7 nitrogen and oxygen atoms in total. The number of oxazole rings is 1. The van der Waals surface area contributed by atoms with Gasteiger partial charge in [0.25, 0.3) is 0 Å². The molecule has 0 unspecified atom stereocenters. The van der Waals surface area contributed by atoms with Crippen molar-refractivity contribution in [2.24, 2.45) is 0 Å². The highest BCUT2D eigenvalue weighted by atomic mass is 35.5. The van der Waals surface area contributed by atoms with Crippen molar-refractivity contribution in [3.05, 3.63) is 95.6 Å². The number of anilines is 1. The lowest BCUT2D eigenvalue weighted by Gasteiger charge is -2.17. The average Bonchev–Trinajstić information content (AvgIpc) is 3.48. The van der Waals surface area contributed by atoms with E-state index >= 15 is 0 Å². The number of halogens is 3. The Labute approximate surface area is 192 Å². The molecule has 2 aromatic carbocycles. The number of pyridine rings is 1. The minimum atomic E-state index is -3.15. The lowest BCUT2D eigenvalue weighted by molar-refractivity contribution is -0.657. The predicted octanol–water partition coefficient (Wildman–Crippen LogP) is 4.67. The van der Waals surface area contributed by atoms with Gasteiger partial charge in [-0.05, 0) is 47.4 Å². The van der Waals surface area contributed by atoms with Crippen LogP contribution in [-0.4, -0.2) is 26.6 Å². The quantitative estimate of drug-likeness (QED) is 0.340. The molecule has 0 bridgehead atoms. The summed E-state index contributed by atoms with van der Waals surface area (Å²) in [7, 11) is 0. The molecule has 166 valence electrons. The largest absolute Gasteiger partial charge is 0.440 e. The predicted molar refractivity (Wildman–Crippen MR) is 119 cm³/mol. The van der Waals surface area contributed by atoms with E-state index in [2.05, 4.69) is 25.4 Å². The molecule has 0 saturated heterocycles. The summed E-state index contributed by atoms with van der Waals surface area (Å²) in [6.45, 7) is -0.625. The van der Waals surface area contributed by atoms with Crippen molar-refractivity contribution in [1.29, 1.82) is 0 Å². The van der Waals surface area contributed by atoms with Crippen molar-refractivity contribution in [3.8, 4) is 5.69 Å². The first kappa shape index (κ1) is 21.0. The first-order valence-corrected chi connectivity index (χ1v) is 10.5. The first-order valence-electron chi connectivity index (χ1n) is 10.1. The van der Waals surface area contributed by atoms with Gasteiger partial charge in [0.15, 0.2) is 17.2 Å². The highest BCUT2D eigenvalue weighted by Gasteiger charge is 2.33. The Morgan fingerprint density at radius 3 is 2.82 bits per heavy atom. The van der Waals surface area contributed by atoms with Gasteiger partial charge in [-0.2, -0.15) is 13.9 Å². The van der Waals surface area contributed by atoms with Gasteiger partial charge < -0.3 is 9.73 Å². The summed E-state index contributed by atoms with van der Waals surface area (Å²) in [4.78, 5) is 12.4. The van der Waals surface area contributed by atoms with Crippen LogP contribution in [0.5, 0.6) is 0 Å². The summed E-state index contributed by atoms with van der Waals surface area (Å²) < 4.78 is 36.8. The number of H-pyrrole nitrogens is 1. The zero-order chi connectivity index (χ0) is 22.8. The fourth-order valence-electron chi connectivity index (χ4n) is 3.54. The van der Waals surface area contributed by atoms with Crippen LogP contribution in [0.3, 0.4) is 0 Å². The maximum atomic E-state index is 14.6. The van der Waals surface area contributed by atoms with Crippen LogP contribution >= 0.6 is 11.6 Å². The summed E-state index contributed by atoms with van der Waals surface area (Å²) in [5, 5.41) is 6.37. The van der Waals surface area contributed by atoms with Gasteiger partial charge in [-0.25, -0.2) is 4.98 Å². The first-order chi connectivity index (χ1) is 16.0. The average molecular weight is 468 g/mol. The number of hydrogen-bond acceptors (Lipinski definition) is 5. The maximum Gasteiger partial charge on any atom is 0.312 e. The third kappa shape index (κ3) is 4.40. The molecular weight excluding hydrogens is 450 g/mol. The van der Waals surface area contributed by atoms with E-state index in [1.54, 1.807) is 47.7 Å². The molecule has 0 fully saturated rings. The number of para-hydroxylation sites is 1. The third-order valence-corrected chi connectivity index (χ3v) is 5.34. The maximum absolute atomic E-state index is 14.6. The number of nitrogens with one attached hydrogen (secondary N) is 2. The Kier molecular flexibility index (Phi) is 5.47. The van der Waals surface area contributed by atoms with Crippen LogP contribution in [0.1, 0.15) is 17.1 Å². The van der Waals surface area contributed by atoms with Crippen LogP contribution in [0.4, 0.5) is 14.5 Å². The molecule has 33 heavy (non-hydrogen) atoms. The lowest BCUT2D eigenvalue weighted by atomic mass is 10.1. The molecule has 5 rings (SSSR count). The Morgan fingerprint density at radius 2 is 2.03 bits per heavy atom. The van der Waals surface area contributed by atoms with Crippen molar-refractivity contribution in [2.75, 3.05) is 11.9 Å². The number of aromatic nitrogens is 5. The van der Waals surface area contributed by atoms with Crippen molar-refractivity contribution in [2.45, 2.75) is 12.3 Å². The number of rotatable bonds is 7. The van der Waals surface area contributed by atoms with Crippen LogP contribution in [0.25, 0.3) is 16.8 Å².